The van der Waals surface area contributed by atoms with Crippen LogP contribution in [0.15, 0.2) is 18.2 Å². The Bertz CT molecular complexity index is 391. The van der Waals surface area contributed by atoms with Gasteiger partial charge in [-0.25, -0.2) is 8.78 Å². The first kappa shape index (κ1) is 13.4. The Morgan fingerprint density at radius 2 is 2.17 bits per heavy atom. The van der Waals surface area contributed by atoms with Gasteiger partial charge in [-0.15, -0.1) is 0 Å². The van der Waals surface area contributed by atoms with Gasteiger partial charge in [0.1, 0.15) is 0 Å². The Balaban J connectivity index is 1.90. The number of hydrogen-bond acceptors (Lipinski definition) is 2. The molecule has 2 rings (SSSR count). The third-order valence-electron chi connectivity index (χ3n) is 3.35. The third-order valence-corrected chi connectivity index (χ3v) is 3.35. The average Bonchev–Trinajstić information content (AvgIpc) is 2.36. The van der Waals surface area contributed by atoms with Crippen LogP contribution in [0, 0.1) is 11.6 Å². The molecular weight excluding hydrogens is 236 g/mol. The molecule has 1 saturated heterocycles. The third kappa shape index (κ3) is 3.50. The molecule has 2 unspecified atom stereocenters. The van der Waals surface area contributed by atoms with E-state index in [1.165, 1.54) is 6.07 Å². The average molecular weight is 255 g/mol. The molecule has 2 atom stereocenters. The predicted molar refractivity (Wildman–Crippen MR) is 66.2 cm³/mol. The van der Waals surface area contributed by atoms with Crippen molar-refractivity contribution in [2.45, 2.75) is 44.2 Å². The van der Waals surface area contributed by atoms with Gasteiger partial charge in [0.05, 0.1) is 6.10 Å². The summed E-state index contributed by atoms with van der Waals surface area (Å²) in [6.45, 7) is 0.783. The second-order valence-electron chi connectivity index (χ2n) is 4.90. The molecule has 18 heavy (non-hydrogen) atoms. The lowest BCUT2D eigenvalue weighted by atomic mass is 9.97. The summed E-state index contributed by atoms with van der Waals surface area (Å²) in [5.41, 5.74) is 6.33. The van der Waals surface area contributed by atoms with E-state index in [4.69, 9.17) is 10.5 Å². The summed E-state index contributed by atoms with van der Waals surface area (Å²) in [7, 11) is 0. The fraction of sp³-hybridized carbons (Fsp3) is 0.571. The van der Waals surface area contributed by atoms with Crippen LogP contribution in [0.4, 0.5) is 8.78 Å². The number of nitrogens with two attached hydrogens (primary N) is 1. The molecule has 100 valence electrons. The normalized spacial score (nSPS) is 21.8. The molecule has 4 heteroatoms. The number of benzene rings is 1. The maximum atomic E-state index is 13.5. The van der Waals surface area contributed by atoms with Gasteiger partial charge in [-0.1, -0.05) is 12.1 Å². The first-order valence-corrected chi connectivity index (χ1v) is 6.47. The highest BCUT2D eigenvalue weighted by atomic mass is 19.2. The van der Waals surface area contributed by atoms with E-state index >= 15 is 0 Å². The van der Waals surface area contributed by atoms with Crippen molar-refractivity contribution in [1.29, 1.82) is 0 Å². The SMILES string of the molecule is NC(Cc1cccc(F)c1F)CC1CCCCO1. The number of rotatable bonds is 4. The molecule has 1 aromatic rings. The van der Waals surface area contributed by atoms with Gasteiger partial charge >= 0.3 is 0 Å². The Labute approximate surface area is 106 Å². The largest absolute Gasteiger partial charge is 0.378 e. The molecule has 1 heterocycles. The van der Waals surface area contributed by atoms with E-state index in [0.29, 0.717) is 18.4 Å². The smallest absolute Gasteiger partial charge is 0.162 e. The van der Waals surface area contributed by atoms with Crippen molar-refractivity contribution < 1.29 is 13.5 Å². The molecular formula is C14H19F2NO. The van der Waals surface area contributed by atoms with E-state index in [2.05, 4.69) is 0 Å². The van der Waals surface area contributed by atoms with E-state index in [1.54, 1.807) is 6.07 Å². The highest BCUT2D eigenvalue weighted by Crippen LogP contribution is 2.19. The zero-order valence-corrected chi connectivity index (χ0v) is 10.4. The lowest BCUT2D eigenvalue weighted by Gasteiger charge is -2.25. The predicted octanol–water partition coefficient (Wildman–Crippen LogP) is 2.79. The van der Waals surface area contributed by atoms with Crippen molar-refractivity contribution in [3.63, 3.8) is 0 Å². The molecule has 0 aromatic heterocycles. The second-order valence-corrected chi connectivity index (χ2v) is 4.90. The molecule has 0 radical (unpaired) electrons. The van der Waals surface area contributed by atoms with Gasteiger partial charge < -0.3 is 10.5 Å². The minimum Gasteiger partial charge on any atom is -0.378 e. The van der Waals surface area contributed by atoms with Crippen molar-refractivity contribution in [1.82, 2.24) is 0 Å². The van der Waals surface area contributed by atoms with Crippen LogP contribution >= 0.6 is 0 Å². The maximum Gasteiger partial charge on any atom is 0.162 e. The first-order chi connectivity index (χ1) is 8.66. The Kier molecular flexibility index (Phi) is 4.66. The highest BCUT2D eigenvalue weighted by molar-refractivity contribution is 5.19. The number of halogens is 2. The summed E-state index contributed by atoms with van der Waals surface area (Å²) in [6.07, 6.45) is 4.50. The van der Waals surface area contributed by atoms with Gasteiger partial charge in [-0.2, -0.15) is 0 Å². The summed E-state index contributed by atoms with van der Waals surface area (Å²) >= 11 is 0. The Morgan fingerprint density at radius 3 is 2.89 bits per heavy atom. The van der Waals surface area contributed by atoms with E-state index in [-0.39, 0.29) is 12.1 Å². The van der Waals surface area contributed by atoms with Crippen LogP contribution in [-0.4, -0.2) is 18.8 Å². The van der Waals surface area contributed by atoms with E-state index in [1.807, 2.05) is 0 Å². The zero-order valence-electron chi connectivity index (χ0n) is 10.4. The quantitative estimate of drug-likeness (QED) is 0.898. The minimum atomic E-state index is -0.811. The van der Waals surface area contributed by atoms with Crippen LogP contribution < -0.4 is 5.73 Å². The maximum absolute atomic E-state index is 13.5. The zero-order chi connectivity index (χ0) is 13.0. The summed E-state index contributed by atoms with van der Waals surface area (Å²) < 4.78 is 32.1. The first-order valence-electron chi connectivity index (χ1n) is 6.47. The molecule has 1 fully saturated rings. The molecule has 0 bridgehead atoms. The van der Waals surface area contributed by atoms with Gasteiger partial charge in [0, 0.05) is 12.6 Å². The van der Waals surface area contributed by atoms with E-state index in [0.717, 1.165) is 31.9 Å². The number of hydrogen-bond donors (Lipinski definition) is 1. The monoisotopic (exact) mass is 255 g/mol. The van der Waals surface area contributed by atoms with Crippen LogP contribution in [0.5, 0.6) is 0 Å². The molecule has 1 aliphatic heterocycles. The van der Waals surface area contributed by atoms with Crippen LogP contribution in [0.25, 0.3) is 0 Å². The fourth-order valence-corrected chi connectivity index (χ4v) is 2.40. The molecule has 0 amide bonds. The summed E-state index contributed by atoms with van der Waals surface area (Å²) in [5.74, 6) is -1.59. The van der Waals surface area contributed by atoms with Gasteiger partial charge in [-0.05, 0) is 43.7 Å². The Hall–Kier alpha value is -1.00. The fourth-order valence-electron chi connectivity index (χ4n) is 2.40. The summed E-state index contributed by atoms with van der Waals surface area (Å²) in [5, 5.41) is 0. The van der Waals surface area contributed by atoms with Gasteiger partial charge in [0.25, 0.3) is 0 Å². The van der Waals surface area contributed by atoms with Crippen molar-refractivity contribution >= 4 is 0 Å². The van der Waals surface area contributed by atoms with Gasteiger partial charge in [0.15, 0.2) is 11.6 Å². The molecule has 0 spiro atoms. The minimum absolute atomic E-state index is 0.172. The summed E-state index contributed by atoms with van der Waals surface area (Å²) in [6, 6.07) is 4.02. The standard InChI is InChI=1S/C14H19F2NO/c15-13-6-3-4-10(14(13)16)8-11(17)9-12-5-1-2-7-18-12/h3-4,6,11-12H,1-2,5,7-9,17H2. The molecule has 1 aromatic carbocycles. The van der Waals surface area contributed by atoms with Crippen LogP contribution in [0.3, 0.4) is 0 Å². The molecule has 2 nitrogen and oxygen atoms in total. The van der Waals surface area contributed by atoms with Crippen molar-refractivity contribution in [2.24, 2.45) is 5.73 Å². The van der Waals surface area contributed by atoms with Crippen LogP contribution in [0.1, 0.15) is 31.2 Å². The topological polar surface area (TPSA) is 35.2 Å². The Morgan fingerprint density at radius 1 is 1.33 bits per heavy atom. The molecule has 1 aliphatic rings. The number of ether oxygens (including phenoxy) is 1. The van der Waals surface area contributed by atoms with Crippen molar-refractivity contribution in [3.8, 4) is 0 Å². The van der Waals surface area contributed by atoms with Gasteiger partial charge in [-0.3, -0.25) is 0 Å². The van der Waals surface area contributed by atoms with E-state index in [9.17, 15) is 8.78 Å². The lowest BCUT2D eigenvalue weighted by molar-refractivity contribution is 0.00743. The van der Waals surface area contributed by atoms with Crippen molar-refractivity contribution in [3.05, 3.63) is 35.4 Å². The van der Waals surface area contributed by atoms with Gasteiger partial charge in [0.2, 0.25) is 0 Å². The molecule has 0 saturated carbocycles. The summed E-state index contributed by atoms with van der Waals surface area (Å²) in [4.78, 5) is 0. The van der Waals surface area contributed by atoms with E-state index < -0.39 is 11.6 Å². The highest BCUT2D eigenvalue weighted by Gasteiger charge is 2.19. The van der Waals surface area contributed by atoms with Crippen LogP contribution in [-0.2, 0) is 11.2 Å². The lowest BCUT2D eigenvalue weighted by Crippen LogP contribution is -2.31. The molecule has 0 aliphatic carbocycles. The van der Waals surface area contributed by atoms with Crippen molar-refractivity contribution in [2.75, 3.05) is 6.61 Å². The second kappa shape index (κ2) is 6.25. The van der Waals surface area contributed by atoms with Crippen LogP contribution in [0.2, 0.25) is 0 Å². The molecule has 2 N–H and O–H groups in total.